The highest BCUT2D eigenvalue weighted by Crippen LogP contribution is 2.23. The predicted octanol–water partition coefficient (Wildman–Crippen LogP) is 2.43. The van der Waals surface area contributed by atoms with Crippen molar-refractivity contribution in [2.24, 2.45) is 0 Å². The van der Waals surface area contributed by atoms with Gasteiger partial charge in [-0.15, -0.1) is 11.6 Å². The van der Waals surface area contributed by atoms with Crippen LogP contribution in [0.1, 0.15) is 34.6 Å². The molecule has 6 heteroatoms. The Morgan fingerprint density at radius 2 is 2.10 bits per heavy atom. The van der Waals surface area contributed by atoms with E-state index in [0.717, 1.165) is 6.41 Å². The zero-order valence-corrected chi connectivity index (χ0v) is 12.6. The lowest BCUT2D eigenvalue weighted by Gasteiger charge is -2.21. The summed E-state index contributed by atoms with van der Waals surface area (Å²) >= 11 is 5.99. The van der Waals surface area contributed by atoms with Crippen molar-refractivity contribution in [1.29, 1.82) is 0 Å². The Morgan fingerprint density at radius 1 is 1.33 bits per heavy atom. The number of amides is 2. The van der Waals surface area contributed by atoms with E-state index in [1.807, 2.05) is 0 Å². The zero-order chi connectivity index (χ0) is 15.4. The fraction of sp³-hybridized carbons (Fsp3) is 0.467. The second-order valence-corrected chi connectivity index (χ2v) is 5.80. The Hall–Kier alpha value is -1.62. The van der Waals surface area contributed by atoms with Gasteiger partial charge in [-0.05, 0) is 31.0 Å². The first-order valence-electron chi connectivity index (χ1n) is 6.95. The highest BCUT2D eigenvalue weighted by Gasteiger charge is 2.22. The van der Waals surface area contributed by atoms with Crippen LogP contribution in [-0.4, -0.2) is 48.3 Å². The molecule has 0 N–H and O–H groups in total. The molecular formula is C15H18ClFN2O2. The van der Waals surface area contributed by atoms with Crippen LogP contribution in [0, 0.1) is 5.82 Å². The summed E-state index contributed by atoms with van der Waals surface area (Å²) in [6.07, 6.45) is 1.47. The molecule has 1 saturated heterocycles. The summed E-state index contributed by atoms with van der Waals surface area (Å²) in [6.45, 7) is 3.80. The summed E-state index contributed by atoms with van der Waals surface area (Å²) in [4.78, 5) is 26.5. The van der Waals surface area contributed by atoms with E-state index >= 15 is 0 Å². The largest absolute Gasteiger partial charge is 0.343 e. The van der Waals surface area contributed by atoms with Crippen molar-refractivity contribution in [3.8, 4) is 0 Å². The van der Waals surface area contributed by atoms with Crippen molar-refractivity contribution in [3.63, 3.8) is 0 Å². The van der Waals surface area contributed by atoms with Gasteiger partial charge in [-0.3, -0.25) is 9.59 Å². The molecule has 1 atom stereocenters. The molecule has 0 bridgehead atoms. The number of rotatable bonds is 3. The van der Waals surface area contributed by atoms with Gasteiger partial charge < -0.3 is 9.80 Å². The molecule has 114 valence electrons. The minimum absolute atomic E-state index is 0.0413. The van der Waals surface area contributed by atoms with Gasteiger partial charge in [0.05, 0.1) is 10.9 Å². The minimum atomic E-state index is -0.544. The summed E-state index contributed by atoms with van der Waals surface area (Å²) in [5.41, 5.74) is 0.755. The van der Waals surface area contributed by atoms with E-state index in [1.165, 1.54) is 12.1 Å². The molecule has 4 nitrogen and oxygen atoms in total. The molecular weight excluding hydrogens is 295 g/mol. The van der Waals surface area contributed by atoms with Gasteiger partial charge in [0.15, 0.2) is 0 Å². The summed E-state index contributed by atoms with van der Waals surface area (Å²) in [6, 6.07) is 4.37. The van der Waals surface area contributed by atoms with Crippen molar-refractivity contribution in [2.75, 3.05) is 26.2 Å². The van der Waals surface area contributed by atoms with Gasteiger partial charge in [-0.2, -0.15) is 0 Å². The van der Waals surface area contributed by atoms with Crippen molar-refractivity contribution >= 4 is 23.9 Å². The lowest BCUT2D eigenvalue weighted by atomic mass is 10.1. The molecule has 0 saturated carbocycles. The van der Waals surface area contributed by atoms with Crippen LogP contribution in [0.15, 0.2) is 18.2 Å². The normalized spacial score (nSPS) is 17.3. The molecule has 1 fully saturated rings. The molecule has 21 heavy (non-hydrogen) atoms. The average molecular weight is 313 g/mol. The first-order chi connectivity index (χ1) is 10.0. The smallest absolute Gasteiger partial charge is 0.256 e. The summed E-state index contributed by atoms with van der Waals surface area (Å²) < 4.78 is 13.9. The maximum absolute atomic E-state index is 13.9. The number of carbonyl (C=O) groups is 2. The van der Waals surface area contributed by atoms with Crippen LogP contribution in [0.2, 0.25) is 0 Å². The van der Waals surface area contributed by atoms with Crippen molar-refractivity contribution < 1.29 is 14.0 Å². The van der Waals surface area contributed by atoms with Crippen LogP contribution < -0.4 is 0 Å². The molecule has 1 aliphatic heterocycles. The Bertz CT molecular complexity index is 536. The van der Waals surface area contributed by atoms with Gasteiger partial charge in [0.1, 0.15) is 5.82 Å². The van der Waals surface area contributed by atoms with E-state index in [0.29, 0.717) is 38.2 Å². The molecule has 0 spiro atoms. The number of halogens is 2. The predicted molar refractivity (Wildman–Crippen MR) is 78.8 cm³/mol. The number of hydrogen-bond acceptors (Lipinski definition) is 2. The standard InChI is InChI=1S/C15H18ClFN2O2/c1-11(16)12-3-4-14(17)13(9-12)15(21)19-6-2-5-18(10-20)7-8-19/h3-4,9-11H,2,5-8H2,1H3. The van der Waals surface area contributed by atoms with Crippen LogP contribution >= 0.6 is 11.6 Å². The molecule has 1 aromatic rings. The fourth-order valence-electron chi connectivity index (χ4n) is 2.37. The first-order valence-corrected chi connectivity index (χ1v) is 7.38. The van der Waals surface area contributed by atoms with Gasteiger partial charge in [0.25, 0.3) is 5.91 Å². The maximum atomic E-state index is 13.9. The quantitative estimate of drug-likeness (QED) is 0.635. The van der Waals surface area contributed by atoms with Gasteiger partial charge in [0.2, 0.25) is 6.41 Å². The third-order valence-corrected chi connectivity index (χ3v) is 3.90. The van der Waals surface area contributed by atoms with E-state index in [2.05, 4.69) is 0 Å². The monoisotopic (exact) mass is 312 g/mol. The van der Waals surface area contributed by atoms with Crippen molar-refractivity contribution in [1.82, 2.24) is 9.80 Å². The molecule has 0 radical (unpaired) electrons. The van der Waals surface area contributed by atoms with E-state index in [9.17, 15) is 14.0 Å². The Labute approximate surface area is 128 Å². The van der Waals surface area contributed by atoms with Gasteiger partial charge in [-0.1, -0.05) is 6.07 Å². The lowest BCUT2D eigenvalue weighted by molar-refractivity contribution is -0.118. The van der Waals surface area contributed by atoms with Crippen LogP contribution in [0.25, 0.3) is 0 Å². The third-order valence-electron chi connectivity index (χ3n) is 3.65. The van der Waals surface area contributed by atoms with E-state index in [1.54, 1.807) is 22.8 Å². The first kappa shape index (κ1) is 15.8. The number of alkyl halides is 1. The minimum Gasteiger partial charge on any atom is -0.343 e. The second kappa shape index (κ2) is 6.89. The summed E-state index contributed by atoms with van der Waals surface area (Å²) in [5, 5.41) is -0.285. The second-order valence-electron chi connectivity index (χ2n) is 5.14. The molecule has 1 unspecified atom stereocenters. The van der Waals surface area contributed by atoms with Crippen molar-refractivity contribution in [3.05, 3.63) is 35.1 Å². The summed E-state index contributed by atoms with van der Waals surface area (Å²) in [5.74, 6) is -0.892. The van der Waals surface area contributed by atoms with Crippen molar-refractivity contribution in [2.45, 2.75) is 18.7 Å². The maximum Gasteiger partial charge on any atom is 0.256 e. The number of nitrogens with zero attached hydrogens (tertiary/aromatic N) is 2. The highest BCUT2D eigenvalue weighted by atomic mass is 35.5. The Kier molecular flexibility index (Phi) is 5.17. The van der Waals surface area contributed by atoms with E-state index < -0.39 is 5.82 Å². The topological polar surface area (TPSA) is 40.6 Å². The van der Waals surface area contributed by atoms with Gasteiger partial charge in [0, 0.05) is 26.2 Å². The molecule has 0 aromatic heterocycles. The molecule has 2 amide bonds. The van der Waals surface area contributed by atoms with Crippen LogP contribution in [0.3, 0.4) is 0 Å². The summed E-state index contributed by atoms with van der Waals surface area (Å²) in [7, 11) is 0. The van der Waals surface area contributed by atoms with Gasteiger partial charge in [-0.25, -0.2) is 4.39 Å². The number of carbonyl (C=O) groups excluding carboxylic acids is 2. The van der Waals surface area contributed by atoms with Crippen LogP contribution in [0.4, 0.5) is 4.39 Å². The van der Waals surface area contributed by atoms with E-state index in [4.69, 9.17) is 11.6 Å². The fourth-order valence-corrected chi connectivity index (χ4v) is 2.51. The van der Waals surface area contributed by atoms with Crippen LogP contribution in [-0.2, 0) is 4.79 Å². The number of benzene rings is 1. The lowest BCUT2D eigenvalue weighted by Crippen LogP contribution is -2.35. The molecule has 1 heterocycles. The Balaban J connectivity index is 2.19. The third kappa shape index (κ3) is 3.73. The highest BCUT2D eigenvalue weighted by molar-refractivity contribution is 6.20. The van der Waals surface area contributed by atoms with Gasteiger partial charge >= 0.3 is 0 Å². The molecule has 1 aromatic carbocycles. The molecule has 0 aliphatic carbocycles. The zero-order valence-electron chi connectivity index (χ0n) is 11.9. The van der Waals surface area contributed by atoms with E-state index in [-0.39, 0.29) is 16.8 Å². The SMILES string of the molecule is CC(Cl)c1ccc(F)c(C(=O)N2CCCN(C=O)CC2)c1. The molecule has 1 aliphatic rings. The van der Waals surface area contributed by atoms with Crippen LogP contribution in [0.5, 0.6) is 0 Å². The Morgan fingerprint density at radius 3 is 2.76 bits per heavy atom. The average Bonchev–Trinajstić information content (AvgIpc) is 2.72. The number of hydrogen-bond donors (Lipinski definition) is 0. The molecule has 2 rings (SSSR count).